The van der Waals surface area contributed by atoms with Crippen LogP contribution in [0.2, 0.25) is 5.02 Å². The standard InChI is InChI=1S/C17H23ClN2O/c1-11-4-3-5-15(10-11)20-16(19-12(2)17(20)21)13-6-8-14(18)9-7-13/h6-9,11-12,15-16,19H,3-5,10H2,1-2H3. The Balaban J connectivity index is 1.87. The molecule has 0 radical (unpaired) electrons. The first-order valence-electron chi connectivity index (χ1n) is 7.90. The number of hydrogen-bond acceptors (Lipinski definition) is 2. The summed E-state index contributed by atoms with van der Waals surface area (Å²) in [6.45, 7) is 4.25. The molecule has 1 heterocycles. The van der Waals surface area contributed by atoms with Gasteiger partial charge in [0.2, 0.25) is 5.91 Å². The highest BCUT2D eigenvalue weighted by molar-refractivity contribution is 6.30. The van der Waals surface area contributed by atoms with E-state index < -0.39 is 0 Å². The van der Waals surface area contributed by atoms with Gasteiger partial charge in [-0.1, -0.05) is 43.5 Å². The Morgan fingerprint density at radius 3 is 2.57 bits per heavy atom. The van der Waals surface area contributed by atoms with Gasteiger partial charge in [0, 0.05) is 11.1 Å². The molecule has 2 fully saturated rings. The molecule has 1 saturated carbocycles. The molecule has 1 aliphatic carbocycles. The summed E-state index contributed by atoms with van der Waals surface area (Å²) in [6, 6.07) is 8.08. The zero-order chi connectivity index (χ0) is 15.0. The number of nitrogens with zero attached hydrogens (tertiary/aromatic N) is 1. The predicted molar refractivity (Wildman–Crippen MR) is 85.1 cm³/mol. The van der Waals surface area contributed by atoms with Gasteiger partial charge >= 0.3 is 0 Å². The summed E-state index contributed by atoms with van der Waals surface area (Å²) in [5.41, 5.74) is 1.12. The fourth-order valence-corrected chi connectivity index (χ4v) is 3.81. The van der Waals surface area contributed by atoms with Gasteiger partial charge in [-0.25, -0.2) is 0 Å². The Morgan fingerprint density at radius 1 is 1.19 bits per heavy atom. The van der Waals surface area contributed by atoms with E-state index in [1.807, 2.05) is 31.2 Å². The van der Waals surface area contributed by atoms with Crippen molar-refractivity contribution < 1.29 is 4.79 Å². The summed E-state index contributed by atoms with van der Waals surface area (Å²) in [5, 5.41) is 4.17. The van der Waals surface area contributed by atoms with Crippen molar-refractivity contribution in [2.24, 2.45) is 5.92 Å². The van der Waals surface area contributed by atoms with Crippen LogP contribution in [0.25, 0.3) is 0 Å². The topological polar surface area (TPSA) is 32.3 Å². The quantitative estimate of drug-likeness (QED) is 0.903. The molecule has 2 aliphatic rings. The molecule has 114 valence electrons. The summed E-state index contributed by atoms with van der Waals surface area (Å²) in [6.07, 6.45) is 4.73. The van der Waals surface area contributed by atoms with Crippen LogP contribution in [0.3, 0.4) is 0 Å². The molecular weight excluding hydrogens is 284 g/mol. The minimum atomic E-state index is -0.108. The van der Waals surface area contributed by atoms with E-state index in [0.29, 0.717) is 12.0 Å². The maximum atomic E-state index is 12.6. The number of hydrogen-bond donors (Lipinski definition) is 1. The Kier molecular flexibility index (Phi) is 4.23. The Morgan fingerprint density at radius 2 is 1.90 bits per heavy atom. The molecule has 1 N–H and O–H groups in total. The number of carbonyl (C=O) groups excluding carboxylic acids is 1. The van der Waals surface area contributed by atoms with Crippen LogP contribution in [-0.4, -0.2) is 22.9 Å². The van der Waals surface area contributed by atoms with Crippen molar-refractivity contribution in [2.45, 2.75) is 57.8 Å². The molecule has 4 heteroatoms. The van der Waals surface area contributed by atoms with Gasteiger partial charge in [-0.15, -0.1) is 0 Å². The monoisotopic (exact) mass is 306 g/mol. The molecule has 21 heavy (non-hydrogen) atoms. The van der Waals surface area contributed by atoms with Crippen molar-refractivity contribution in [2.75, 3.05) is 0 Å². The normalized spacial score (nSPS) is 33.5. The van der Waals surface area contributed by atoms with E-state index in [1.54, 1.807) is 0 Å². The van der Waals surface area contributed by atoms with Crippen LogP contribution in [0, 0.1) is 5.92 Å². The third-order valence-corrected chi connectivity index (χ3v) is 5.05. The van der Waals surface area contributed by atoms with Crippen molar-refractivity contribution in [3.8, 4) is 0 Å². The third-order valence-electron chi connectivity index (χ3n) is 4.80. The van der Waals surface area contributed by atoms with Crippen molar-refractivity contribution in [3.63, 3.8) is 0 Å². The number of nitrogens with one attached hydrogen (secondary N) is 1. The molecule has 0 spiro atoms. The van der Waals surface area contributed by atoms with E-state index in [2.05, 4.69) is 17.1 Å². The van der Waals surface area contributed by atoms with Gasteiger partial charge in [-0.3, -0.25) is 10.1 Å². The smallest absolute Gasteiger partial charge is 0.241 e. The second-order valence-corrected chi connectivity index (χ2v) is 6.95. The molecule has 1 aliphatic heterocycles. The lowest BCUT2D eigenvalue weighted by atomic mass is 9.86. The molecule has 1 amide bonds. The van der Waals surface area contributed by atoms with Gasteiger partial charge < -0.3 is 4.90 Å². The first kappa shape index (κ1) is 14.9. The molecular formula is C17H23ClN2O. The average molecular weight is 307 g/mol. The molecule has 3 nitrogen and oxygen atoms in total. The second kappa shape index (κ2) is 5.98. The first-order valence-corrected chi connectivity index (χ1v) is 8.27. The summed E-state index contributed by atoms with van der Waals surface area (Å²) < 4.78 is 0. The molecule has 1 aromatic carbocycles. The van der Waals surface area contributed by atoms with Gasteiger partial charge in [-0.2, -0.15) is 0 Å². The SMILES string of the molecule is CC1CCCC(N2C(=O)C(C)NC2c2ccc(Cl)cc2)C1. The average Bonchev–Trinajstić information content (AvgIpc) is 2.76. The largest absolute Gasteiger partial charge is 0.319 e. The van der Waals surface area contributed by atoms with Crippen molar-refractivity contribution in [1.82, 2.24) is 10.2 Å². The lowest BCUT2D eigenvalue weighted by Gasteiger charge is -2.37. The fraction of sp³-hybridized carbons (Fsp3) is 0.588. The summed E-state index contributed by atoms with van der Waals surface area (Å²) >= 11 is 5.98. The molecule has 0 aromatic heterocycles. The van der Waals surface area contributed by atoms with Crippen LogP contribution in [-0.2, 0) is 4.79 Å². The fourth-order valence-electron chi connectivity index (χ4n) is 3.69. The van der Waals surface area contributed by atoms with Crippen LogP contribution in [0.1, 0.15) is 51.3 Å². The van der Waals surface area contributed by atoms with E-state index in [9.17, 15) is 4.79 Å². The highest BCUT2D eigenvalue weighted by atomic mass is 35.5. The van der Waals surface area contributed by atoms with E-state index in [-0.39, 0.29) is 18.1 Å². The number of rotatable bonds is 2. The van der Waals surface area contributed by atoms with Crippen molar-refractivity contribution in [3.05, 3.63) is 34.9 Å². The highest BCUT2D eigenvalue weighted by Crippen LogP contribution is 2.35. The molecule has 3 rings (SSSR count). The first-order chi connectivity index (χ1) is 10.1. The van der Waals surface area contributed by atoms with Crippen molar-refractivity contribution in [1.29, 1.82) is 0 Å². The van der Waals surface area contributed by atoms with Gasteiger partial charge in [0.25, 0.3) is 0 Å². The summed E-state index contributed by atoms with van der Waals surface area (Å²) in [5.74, 6) is 0.937. The summed E-state index contributed by atoms with van der Waals surface area (Å²) in [4.78, 5) is 14.7. The molecule has 1 saturated heterocycles. The minimum absolute atomic E-state index is 0.0138. The van der Waals surface area contributed by atoms with Crippen LogP contribution in [0.5, 0.6) is 0 Å². The predicted octanol–water partition coefficient (Wildman–Crippen LogP) is 3.74. The number of benzene rings is 1. The maximum Gasteiger partial charge on any atom is 0.241 e. The zero-order valence-corrected chi connectivity index (χ0v) is 13.4. The van der Waals surface area contributed by atoms with Gasteiger partial charge in [0.05, 0.1) is 6.04 Å². The zero-order valence-electron chi connectivity index (χ0n) is 12.7. The molecule has 4 unspecified atom stereocenters. The molecule has 1 aromatic rings. The molecule has 0 bridgehead atoms. The van der Waals surface area contributed by atoms with E-state index in [4.69, 9.17) is 11.6 Å². The van der Waals surface area contributed by atoms with Crippen LogP contribution >= 0.6 is 11.6 Å². The third kappa shape index (κ3) is 2.95. The highest BCUT2D eigenvalue weighted by Gasteiger charge is 2.41. The van der Waals surface area contributed by atoms with E-state index in [0.717, 1.165) is 23.4 Å². The number of halogens is 1. The Hall–Kier alpha value is -1.06. The minimum Gasteiger partial charge on any atom is -0.319 e. The summed E-state index contributed by atoms with van der Waals surface area (Å²) in [7, 11) is 0. The van der Waals surface area contributed by atoms with Crippen LogP contribution < -0.4 is 5.32 Å². The van der Waals surface area contributed by atoms with Crippen LogP contribution in [0.15, 0.2) is 24.3 Å². The number of carbonyl (C=O) groups is 1. The lowest BCUT2D eigenvalue weighted by molar-refractivity contribution is -0.133. The van der Waals surface area contributed by atoms with Gasteiger partial charge in [-0.05, 0) is 43.4 Å². The van der Waals surface area contributed by atoms with E-state index in [1.165, 1.54) is 12.8 Å². The Labute approximate surface area is 131 Å². The Bertz CT molecular complexity index is 516. The number of amides is 1. The second-order valence-electron chi connectivity index (χ2n) is 6.51. The van der Waals surface area contributed by atoms with Crippen molar-refractivity contribution >= 4 is 17.5 Å². The van der Waals surface area contributed by atoms with E-state index >= 15 is 0 Å². The lowest BCUT2D eigenvalue weighted by Crippen LogP contribution is -2.42. The van der Waals surface area contributed by atoms with Gasteiger partial charge in [0.15, 0.2) is 0 Å². The van der Waals surface area contributed by atoms with Crippen LogP contribution in [0.4, 0.5) is 0 Å². The molecule has 4 atom stereocenters. The van der Waals surface area contributed by atoms with Gasteiger partial charge in [0.1, 0.15) is 6.17 Å². The maximum absolute atomic E-state index is 12.6.